The van der Waals surface area contributed by atoms with Crippen LogP contribution in [0.5, 0.6) is 0 Å². The Balaban J connectivity index is 2.50. The number of hydrogen-bond acceptors (Lipinski definition) is 5. The summed E-state index contributed by atoms with van der Waals surface area (Å²) in [5, 5.41) is 2.54. The summed E-state index contributed by atoms with van der Waals surface area (Å²) in [7, 11) is 0. The number of rotatable bonds is 4. The molecule has 0 radical (unpaired) electrons. The fourth-order valence-electron chi connectivity index (χ4n) is 1.16. The first kappa shape index (κ1) is 14.8. The van der Waals surface area contributed by atoms with Crippen LogP contribution in [0, 0.1) is 0 Å². The van der Waals surface area contributed by atoms with Crippen LogP contribution >= 0.6 is 11.8 Å². The number of anilines is 1. The minimum atomic E-state index is -0.520. The van der Waals surface area contributed by atoms with Crippen LogP contribution in [0.4, 0.5) is 10.6 Å². The third-order valence-corrected chi connectivity index (χ3v) is 2.51. The van der Waals surface area contributed by atoms with Crippen LogP contribution in [0.2, 0.25) is 0 Å². The molecule has 1 rings (SSSR count). The molecule has 0 aliphatic heterocycles. The summed E-state index contributed by atoms with van der Waals surface area (Å²) in [5.74, 6) is 1.41. The molecule has 0 saturated heterocycles. The Morgan fingerprint density at radius 3 is 2.61 bits per heavy atom. The predicted molar refractivity (Wildman–Crippen MR) is 74.0 cm³/mol. The molecule has 1 N–H and O–H groups in total. The Kier molecular flexibility index (Phi) is 5.40. The number of amides is 1. The summed E-state index contributed by atoms with van der Waals surface area (Å²) in [6.45, 7) is 5.43. The van der Waals surface area contributed by atoms with Crippen molar-refractivity contribution in [1.82, 2.24) is 9.97 Å². The Morgan fingerprint density at radius 2 is 2.11 bits per heavy atom. The van der Waals surface area contributed by atoms with Gasteiger partial charge >= 0.3 is 6.09 Å². The number of carbonyl (C=O) groups is 1. The van der Waals surface area contributed by atoms with E-state index in [0.717, 1.165) is 17.9 Å². The number of carbonyl (C=O) groups excluding carboxylic acids is 1. The Hall–Kier alpha value is -1.30. The fraction of sp³-hybridized carbons (Fsp3) is 0.583. The first-order valence-electron chi connectivity index (χ1n) is 5.70. The quantitative estimate of drug-likeness (QED) is 0.910. The number of aromatic nitrogens is 2. The number of nitrogens with one attached hydrogen (secondary N) is 1. The summed E-state index contributed by atoms with van der Waals surface area (Å²) >= 11 is 1.76. The molecule has 0 fully saturated rings. The van der Waals surface area contributed by atoms with Crippen molar-refractivity contribution in [3.63, 3.8) is 0 Å². The molecule has 0 spiro atoms. The van der Waals surface area contributed by atoms with E-state index in [0.29, 0.717) is 5.82 Å². The van der Waals surface area contributed by atoms with Crippen LogP contribution < -0.4 is 5.32 Å². The average molecular weight is 269 g/mol. The smallest absolute Gasteiger partial charge is 0.413 e. The van der Waals surface area contributed by atoms with Gasteiger partial charge in [0.15, 0.2) is 5.82 Å². The lowest BCUT2D eigenvalue weighted by atomic mass is 10.2. The van der Waals surface area contributed by atoms with Crippen molar-refractivity contribution < 1.29 is 9.53 Å². The lowest BCUT2D eigenvalue weighted by Crippen LogP contribution is -2.27. The van der Waals surface area contributed by atoms with Crippen LogP contribution in [0.1, 0.15) is 26.5 Å². The minimum absolute atomic E-state index is 0.400. The zero-order valence-corrected chi connectivity index (χ0v) is 12.0. The van der Waals surface area contributed by atoms with Crippen molar-refractivity contribution in [2.75, 3.05) is 17.3 Å². The van der Waals surface area contributed by atoms with Crippen LogP contribution in [-0.2, 0) is 11.2 Å². The van der Waals surface area contributed by atoms with E-state index in [2.05, 4.69) is 15.3 Å². The van der Waals surface area contributed by atoms with E-state index in [1.54, 1.807) is 24.2 Å². The first-order valence-corrected chi connectivity index (χ1v) is 7.10. The molecule has 1 amide bonds. The lowest BCUT2D eigenvalue weighted by molar-refractivity contribution is 0.0635. The summed E-state index contributed by atoms with van der Waals surface area (Å²) in [6, 6.07) is 0. The maximum atomic E-state index is 11.5. The van der Waals surface area contributed by atoms with E-state index in [4.69, 9.17) is 4.74 Å². The second-order valence-corrected chi connectivity index (χ2v) is 5.75. The van der Waals surface area contributed by atoms with E-state index in [9.17, 15) is 4.79 Å². The Morgan fingerprint density at radius 1 is 1.39 bits per heavy atom. The van der Waals surface area contributed by atoms with Crippen molar-refractivity contribution in [3.05, 3.63) is 18.1 Å². The second-order valence-electron chi connectivity index (χ2n) is 4.76. The van der Waals surface area contributed by atoms with Gasteiger partial charge < -0.3 is 4.74 Å². The first-order chi connectivity index (χ1) is 8.40. The molecule has 0 saturated carbocycles. The highest BCUT2D eigenvalue weighted by Gasteiger charge is 2.16. The van der Waals surface area contributed by atoms with Gasteiger partial charge in [-0.15, -0.1) is 0 Å². The molecule has 6 heteroatoms. The fourth-order valence-corrected chi connectivity index (χ4v) is 1.58. The van der Waals surface area contributed by atoms with E-state index in [1.807, 2.05) is 27.0 Å². The van der Waals surface area contributed by atoms with E-state index >= 15 is 0 Å². The van der Waals surface area contributed by atoms with Gasteiger partial charge in [0, 0.05) is 6.42 Å². The van der Waals surface area contributed by atoms with Crippen molar-refractivity contribution in [1.29, 1.82) is 0 Å². The third kappa shape index (κ3) is 5.86. The number of ether oxygens (including phenoxy) is 1. The molecule has 5 nitrogen and oxygen atoms in total. The summed E-state index contributed by atoms with van der Waals surface area (Å²) in [6.07, 6.45) is 5.61. The highest BCUT2D eigenvalue weighted by atomic mass is 32.2. The molecular formula is C12H19N3O2S. The van der Waals surface area contributed by atoms with Gasteiger partial charge in [0.1, 0.15) is 5.60 Å². The second kappa shape index (κ2) is 6.58. The average Bonchev–Trinajstić information content (AvgIpc) is 2.25. The van der Waals surface area contributed by atoms with E-state index in [-0.39, 0.29) is 0 Å². The van der Waals surface area contributed by atoms with Crippen LogP contribution in [-0.4, -0.2) is 33.7 Å². The standard InChI is InChI=1S/C12H19N3O2S/c1-12(2,3)17-11(16)15-10-8-13-9(7-14-10)5-6-18-4/h7-8H,5-6H2,1-4H3,(H,14,15,16). The predicted octanol–water partition coefficient (Wildman–Crippen LogP) is 2.73. The molecular weight excluding hydrogens is 250 g/mol. The zero-order valence-electron chi connectivity index (χ0n) is 11.2. The molecule has 0 aliphatic carbocycles. The maximum absolute atomic E-state index is 11.5. The van der Waals surface area contributed by atoms with Gasteiger partial charge in [-0.25, -0.2) is 9.78 Å². The van der Waals surface area contributed by atoms with Crippen molar-refractivity contribution in [2.45, 2.75) is 32.8 Å². The highest BCUT2D eigenvalue weighted by molar-refractivity contribution is 7.98. The van der Waals surface area contributed by atoms with Crippen LogP contribution in [0.25, 0.3) is 0 Å². The van der Waals surface area contributed by atoms with Gasteiger partial charge in [0.05, 0.1) is 18.1 Å². The molecule has 0 bridgehead atoms. The van der Waals surface area contributed by atoms with Gasteiger partial charge in [-0.05, 0) is 32.8 Å². The molecule has 18 heavy (non-hydrogen) atoms. The number of nitrogens with zero attached hydrogens (tertiary/aromatic N) is 2. The van der Waals surface area contributed by atoms with Crippen LogP contribution in [0.3, 0.4) is 0 Å². The van der Waals surface area contributed by atoms with Crippen LogP contribution in [0.15, 0.2) is 12.4 Å². The summed E-state index contributed by atoms with van der Waals surface area (Å²) in [4.78, 5) is 19.8. The third-order valence-electron chi connectivity index (χ3n) is 1.90. The normalized spacial score (nSPS) is 11.1. The SMILES string of the molecule is CSCCc1cnc(NC(=O)OC(C)(C)C)cn1. The Labute approximate surface area is 112 Å². The molecule has 0 atom stereocenters. The Bertz CT molecular complexity index is 387. The maximum Gasteiger partial charge on any atom is 0.413 e. The highest BCUT2D eigenvalue weighted by Crippen LogP contribution is 2.09. The van der Waals surface area contributed by atoms with Gasteiger partial charge in [-0.3, -0.25) is 10.3 Å². The number of aryl methyl sites for hydroxylation is 1. The van der Waals surface area contributed by atoms with Gasteiger partial charge in [0.25, 0.3) is 0 Å². The number of thioether (sulfide) groups is 1. The van der Waals surface area contributed by atoms with E-state index in [1.165, 1.54) is 0 Å². The molecule has 0 unspecified atom stereocenters. The van der Waals surface area contributed by atoms with E-state index < -0.39 is 11.7 Å². The van der Waals surface area contributed by atoms with Gasteiger partial charge in [0.2, 0.25) is 0 Å². The topological polar surface area (TPSA) is 64.1 Å². The molecule has 1 aromatic rings. The summed E-state index contributed by atoms with van der Waals surface area (Å²) in [5.41, 5.74) is 0.398. The van der Waals surface area contributed by atoms with Crippen molar-refractivity contribution in [3.8, 4) is 0 Å². The number of hydrogen-bond donors (Lipinski definition) is 1. The largest absolute Gasteiger partial charge is 0.444 e. The minimum Gasteiger partial charge on any atom is -0.444 e. The van der Waals surface area contributed by atoms with Gasteiger partial charge in [-0.2, -0.15) is 11.8 Å². The van der Waals surface area contributed by atoms with Gasteiger partial charge in [-0.1, -0.05) is 0 Å². The lowest BCUT2D eigenvalue weighted by Gasteiger charge is -2.19. The monoisotopic (exact) mass is 269 g/mol. The molecule has 1 heterocycles. The molecule has 1 aromatic heterocycles. The zero-order chi connectivity index (χ0) is 13.6. The molecule has 0 aliphatic rings. The molecule has 0 aromatic carbocycles. The van der Waals surface area contributed by atoms with Crippen molar-refractivity contribution in [2.24, 2.45) is 0 Å². The summed E-state index contributed by atoms with van der Waals surface area (Å²) < 4.78 is 5.12. The molecule has 100 valence electrons. The van der Waals surface area contributed by atoms with Crippen molar-refractivity contribution >= 4 is 23.7 Å².